The van der Waals surface area contributed by atoms with Gasteiger partial charge in [-0.25, -0.2) is 4.79 Å². The fraction of sp³-hybridized carbons (Fsp3) is 0.389. The van der Waals surface area contributed by atoms with Crippen molar-refractivity contribution in [1.29, 1.82) is 0 Å². The monoisotopic (exact) mass is 318 g/mol. The third-order valence-corrected chi connectivity index (χ3v) is 3.75. The highest BCUT2D eigenvalue weighted by Crippen LogP contribution is 2.22. The molecule has 0 unspecified atom stereocenters. The quantitative estimate of drug-likeness (QED) is 0.730. The lowest BCUT2D eigenvalue weighted by atomic mass is 10.1. The molecule has 0 amide bonds. The van der Waals surface area contributed by atoms with Crippen molar-refractivity contribution in [2.24, 2.45) is 0 Å². The molecular formula is C18H24NO4+. The first-order valence-corrected chi connectivity index (χ1v) is 7.98. The van der Waals surface area contributed by atoms with Crippen molar-refractivity contribution < 1.29 is 24.4 Å². The smallest absolute Gasteiger partial charge is 0.338 e. The number of aliphatic hydroxyl groups is 1. The SMILES string of the molecule is CCOC(=O)c1ccc(-c2ccc(C[NH2+][C@@H](CC)CO)o2)cc1. The molecule has 2 rings (SSSR count). The van der Waals surface area contributed by atoms with Gasteiger partial charge in [-0.1, -0.05) is 19.1 Å². The number of quaternary nitrogens is 1. The van der Waals surface area contributed by atoms with Gasteiger partial charge in [-0.05, 0) is 37.6 Å². The minimum atomic E-state index is -0.316. The van der Waals surface area contributed by atoms with E-state index in [0.29, 0.717) is 18.7 Å². The van der Waals surface area contributed by atoms with Gasteiger partial charge in [-0.15, -0.1) is 0 Å². The number of ether oxygens (including phenoxy) is 1. The maximum absolute atomic E-state index is 11.6. The van der Waals surface area contributed by atoms with Crippen molar-refractivity contribution in [3.8, 4) is 11.3 Å². The van der Waals surface area contributed by atoms with Crippen molar-refractivity contribution in [2.45, 2.75) is 32.9 Å². The second-order valence-corrected chi connectivity index (χ2v) is 5.35. The highest BCUT2D eigenvalue weighted by Gasteiger charge is 2.11. The molecule has 0 aliphatic rings. The summed E-state index contributed by atoms with van der Waals surface area (Å²) in [6, 6.07) is 11.2. The van der Waals surface area contributed by atoms with Gasteiger partial charge >= 0.3 is 5.97 Å². The summed E-state index contributed by atoms with van der Waals surface area (Å²) in [5.41, 5.74) is 1.45. The number of furan rings is 1. The van der Waals surface area contributed by atoms with Crippen molar-refractivity contribution in [3.05, 3.63) is 47.7 Å². The van der Waals surface area contributed by atoms with Gasteiger partial charge in [0.05, 0.1) is 18.8 Å². The Morgan fingerprint density at radius 2 is 1.96 bits per heavy atom. The average molecular weight is 318 g/mol. The van der Waals surface area contributed by atoms with Gasteiger partial charge in [0, 0.05) is 5.56 Å². The first kappa shape index (κ1) is 17.2. The number of hydrogen-bond donors (Lipinski definition) is 2. The summed E-state index contributed by atoms with van der Waals surface area (Å²) in [6.45, 7) is 5.06. The second kappa shape index (κ2) is 8.50. The first-order chi connectivity index (χ1) is 11.2. The van der Waals surface area contributed by atoms with Gasteiger partial charge in [0.25, 0.3) is 0 Å². The van der Waals surface area contributed by atoms with E-state index in [-0.39, 0.29) is 18.6 Å². The van der Waals surface area contributed by atoms with E-state index in [1.165, 1.54) is 0 Å². The molecule has 2 aromatic rings. The average Bonchev–Trinajstić information content (AvgIpc) is 3.05. The molecule has 5 heteroatoms. The van der Waals surface area contributed by atoms with E-state index in [0.717, 1.165) is 23.5 Å². The third kappa shape index (κ3) is 4.68. The van der Waals surface area contributed by atoms with Crippen LogP contribution < -0.4 is 5.32 Å². The molecular weight excluding hydrogens is 294 g/mol. The Bertz CT molecular complexity index is 614. The summed E-state index contributed by atoms with van der Waals surface area (Å²) in [6.07, 6.45) is 0.916. The Morgan fingerprint density at radius 3 is 2.57 bits per heavy atom. The zero-order valence-corrected chi connectivity index (χ0v) is 13.6. The number of benzene rings is 1. The highest BCUT2D eigenvalue weighted by molar-refractivity contribution is 5.89. The van der Waals surface area contributed by atoms with Crippen LogP contribution in [0.25, 0.3) is 11.3 Å². The van der Waals surface area contributed by atoms with Crippen LogP contribution in [0.5, 0.6) is 0 Å². The number of hydrogen-bond acceptors (Lipinski definition) is 4. The van der Waals surface area contributed by atoms with E-state index in [2.05, 4.69) is 12.2 Å². The van der Waals surface area contributed by atoms with Gasteiger partial charge in [0.1, 0.15) is 18.3 Å². The summed E-state index contributed by atoms with van der Waals surface area (Å²) in [5, 5.41) is 11.3. The van der Waals surface area contributed by atoms with Gasteiger partial charge in [-0.3, -0.25) is 0 Å². The summed E-state index contributed by atoms with van der Waals surface area (Å²) >= 11 is 0. The van der Waals surface area contributed by atoms with Crippen molar-refractivity contribution in [1.82, 2.24) is 0 Å². The van der Waals surface area contributed by atoms with E-state index < -0.39 is 0 Å². The van der Waals surface area contributed by atoms with Crippen molar-refractivity contribution >= 4 is 5.97 Å². The van der Waals surface area contributed by atoms with Crippen molar-refractivity contribution in [3.63, 3.8) is 0 Å². The molecule has 0 saturated heterocycles. The Morgan fingerprint density at radius 1 is 1.22 bits per heavy atom. The van der Waals surface area contributed by atoms with Gasteiger partial charge in [0.15, 0.2) is 5.76 Å². The number of carbonyl (C=O) groups excluding carboxylic acids is 1. The maximum Gasteiger partial charge on any atom is 0.338 e. The Labute approximate surface area is 136 Å². The Hall–Kier alpha value is -2.11. The summed E-state index contributed by atoms with van der Waals surface area (Å²) in [5.74, 6) is 1.31. The Kier molecular flexibility index (Phi) is 6.38. The van der Waals surface area contributed by atoms with E-state index in [1.807, 2.05) is 24.3 Å². The minimum Gasteiger partial charge on any atom is -0.462 e. The fourth-order valence-electron chi connectivity index (χ4n) is 2.28. The lowest BCUT2D eigenvalue weighted by Crippen LogP contribution is -2.89. The van der Waals surface area contributed by atoms with E-state index in [1.54, 1.807) is 19.1 Å². The molecule has 5 nitrogen and oxygen atoms in total. The molecule has 23 heavy (non-hydrogen) atoms. The topological polar surface area (TPSA) is 76.3 Å². The largest absolute Gasteiger partial charge is 0.462 e. The van der Waals surface area contributed by atoms with Crippen LogP contribution in [0.1, 0.15) is 36.4 Å². The number of aliphatic hydroxyl groups excluding tert-OH is 1. The lowest BCUT2D eigenvalue weighted by molar-refractivity contribution is -0.707. The van der Waals surface area contributed by atoms with Crippen LogP contribution in [0.2, 0.25) is 0 Å². The number of nitrogens with two attached hydrogens (primary N) is 1. The molecule has 124 valence electrons. The molecule has 0 aliphatic carbocycles. The fourth-order valence-corrected chi connectivity index (χ4v) is 2.28. The van der Waals surface area contributed by atoms with E-state index in [9.17, 15) is 9.90 Å². The van der Waals surface area contributed by atoms with Crippen LogP contribution in [-0.2, 0) is 11.3 Å². The first-order valence-electron chi connectivity index (χ1n) is 7.98. The number of rotatable bonds is 8. The molecule has 1 aromatic heterocycles. The molecule has 3 N–H and O–H groups in total. The number of esters is 1. The molecule has 1 heterocycles. The molecule has 0 spiro atoms. The molecule has 1 aromatic carbocycles. The van der Waals surface area contributed by atoms with Crippen LogP contribution >= 0.6 is 0 Å². The van der Waals surface area contributed by atoms with E-state index >= 15 is 0 Å². The highest BCUT2D eigenvalue weighted by atomic mass is 16.5. The summed E-state index contributed by atoms with van der Waals surface area (Å²) < 4.78 is 10.8. The molecule has 0 aliphatic heterocycles. The predicted octanol–water partition coefficient (Wildman–Crippen LogP) is 1.96. The summed E-state index contributed by atoms with van der Waals surface area (Å²) in [7, 11) is 0. The van der Waals surface area contributed by atoms with Gasteiger partial charge < -0.3 is 19.6 Å². The second-order valence-electron chi connectivity index (χ2n) is 5.35. The third-order valence-electron chi connectivity index (χ3n) is 3.75. The van der Waals surface area contributed by atoms with Crippen LogP contribution in [0, 0.1) is 0 Å². The van der Waals surface area contributed by atoms with E-state index in [4.69, 9.17) is 9.15 Å². The molecule has 0 radical (unpaired) electrons. The Balaban J connectivity index is 2.01. The van der Waals surface area contributed by atoms with Crippen molar-refractivity contribution in [2.75, 3.05) is 13.2 Å². The minimum absolute atomic E-state index is 0.166. The molecule has 0 saturated carbocycles. The van der Waals surface area contributed by atoms with Crippen LogP contribution in [0.3, 0.4) is 0 Å². The standard InChI is InChI=1S/C18H23NO4/c1-3-15(12-20)19-11-16-9-10-17(23-16)13-5-7-14(8-6-13)18(21)22-4-2/h5-10,15,19-20H,3-4,11-12H2,1-2H3/p+1/t15-/m0/s1. The van der Waals surface area contributed by atoms with Gasteiger partial charge in [0.2, 0.25) is 0 Å². The predicted molar refractivity (Wildman–Crippen MR) is 86.9 cm³/mol. The zero-order valence-electron chi connectivity index (χ0n) is 13.6. The van der Waals surface area contributed by atoms with Crippen LogP contribution in [0.4, 0.5) is 0 Å². The number of carbonyl (C=O) groups is 1. The zero-order chi connectivity index (χ0) is 16.7. The maximum atomic E-state index is 11.6. The summed E-state index contributed by atoms with van der Waals surface area (Å²) in [4.78, 5) is 11.6. The molecule has 1 atom stereocenters. The van der Waals surface area contributed by atoms with Gasteiger partial charge in [-0.2, -0.15) is 0 Å². The molecule has 0 fully saturated rings. The van der Waals surface area contributed by atoms with Crippen LogP contribution in [-0.4, -0.2) is 30.3 Å². The molecule has 0 bridgehead atoms. The normalized spacial score (nSPS) is 12.1. The lowest BCUT2D eigenvalue weighted by Gasteiger charge is -2.08. The van der Waals surface area contributed by atoms with Crippen LogP contribution in [0.15, 0.2) is 40.8 Å².